The third-order valence-electron chi connectivity index (χ3n) is 4.77. The van der Waals surface area contributed by atoms with Crippen LogP contribution >= 0.6 is 24.0 Å². The highest BCUT2D eigenvalue weighted by molar-refractivity contribution is 14.0. The van der Waals surface area contributed by atoms with Crippen molar-refractivity contribution in [2.24, 2.45) is 4.99 Å². The highest BCUT2D eigenvalue weighted by Gasteiger charge is 2.20. The normalized spacial score (nSPS) is 15.9. The second-order valence-electron chi connectivity index (χ2n) is 6.92. The minimum absolute atomic E-state index is 0. The molecular weight excluding hydrogens is 455 g/mol. The first kappa shape index (κ1) is 24.2. The maximum absolute atomic E-state index is 4.92. The highest BCUT2D eigenvalue weighted by atomic mass is 127. The number of nitrogens with zero attached hydrogens (tertiary/aromatic N) is 5. The van der Waals surface area contributed by atoms with E-state index in [-0.39, 0.29) is 24.0 Å². The Morgan fingerprint density at radius 1 is 1.19 bits per heavy atom. The summed E-state index contributed by atoms with van der Waals surface area (Å²) >= 11 is 0. The predicted octanol–water partition coefficient (Wildman–Crippen LogP) is 2.50. The van der Waals surface area contributed by atoms with Gasteiger partial charge < -0.3 is 19.6 Å². The van der Waals surface area contributed by atoms with E-state index in [0.717, 1.165) is 63.9 Å². The zero-order chi connectivity index (χ0) is 18.6. The SMILES string of the molecule is CCCN(CCC)CCCNC(=NC)N1CCN(Cc2ccon2)CC1.I. The van der Waals surface area contributed by atoms with E-state index >= 15 is 0 Å². The van der Waals surface area contributed by atoms with Crippen molar-refractivity contribution in [3.63, 3.8) is 0 Å². The van der Waals surface area contributed by atoms with Crippen LogP contribution in [0.5, 0.6) is 0 Å². The van der Waals surface area contributed by atoms with Crippen LogP contribution in [0.15, 0.2) is 21.8 Å². The summed E-state index contributed by atoms with van der Waals surface area (Å²) in [5, 5.41) is 7.54. The van der Waals surface area contributed by atoms with Gasteiger partial charge in [-0.05, 0) is 38.9 Å². The Balaban J connectivity index is 0.00000364. The molecule has 0 aliphatic carbocycles. The van der Waals surface area contributed by atoms with Crippen LogP contribution in [0.1, 0.15) is 38.8 Å². The summed E-state index contributed by atoms with van der Waals surface area (Å²) in [4.78, 5) is 11.8. The summed E-state index contributed by atoms with van der Waals surface area (Å²) in [6, 6.07) is 1.94. The molecular formula is C19H37IN6O. The van der Waals surface area contributed by atoms with E-state index in [1.807, 2.05) is 13.1 Å². The summed E-state index contributed by atoms with van der Waals surface area (Å²) in [6.07, 6.45) is 5.26. The van der Waals surface area contributed by atoms with Crippen molar-refractivity contribution >= 4 is 29.9 Å². The fourth-order valence-electron chi connectivity index (χ4n) is 3.47. The van der Waals surface area contributed by atoms with Gasteiger partial charge in [0, 0.05) is 52.4 Å². The second-order valence-corrected chi connectivity index (χ2v) is 6.92. The van der Waals surface area contributed by atoms with Gasteiger partial charge in [-0.3, -0.25) is 9.89 Å². The third kappa shape index (κ3) is 8.78. The second kappa shape index (κ2) is 14.2. The quantitative estimate of drug-likeness (QED) is 0.235. The number of aromatic nitrogens is 1. The van der Waals surface area contributed by atoms with Crippen LogP contribution in [0.25, 0.3) is 0 Å². The molecule has 1 fully saturated rings. The van der Waals surface area contributed by atoms with Gasteiger partial charge in [0.2, 0.25) is 0 Å². The van der Waals surface area contributed by atoms with Gasteiger partial charge in [-0.1, -0.05) is 19.0 Å². The molecule has 0 saturated carbocycles. The molecule has 0 aromatic carbocycles. The maximum atomic E-state index is 4.92. The van der Waals surface area contributed by atoms with Crippen LogP contribution in [-0.2, 0) is 6.54 Å². The fraction of sp³-hybridized carbons (Fsp3) is 0.789. The molecule has 1 aromatic rings. The van der Waals surface area contributed by atoms with Crippen molar-refractivity contribution in [3.05, 3.63) is 18.0 Å². The van der Waals surface area contributed by atoms with Crippen LogP contribution < -0.4 is 5.32 Å². The molecule has 7 nitrogen and oxygen atoms in total. The molecule has 156 valence electrons. The Labute approximate surface area is 181 Å². The monoisotopic (exact) mass is 492 g/mol. The first-order valence-electron chi connectivity index (χ1n) is 10.1. The number of guanidine groups is 1. The molecule has 0 spiro atoms. The molecule has 0 bridgehead atoms. The standard InChI is InChI=1S/C19H36N6O.HI/c1-4-9-23(10-5-2)11-6-8-21-19(20-3)25-14-12-24(13-15-25)17-18-7-16-26-22-18;/h7,16H,4-6,8-15,17H2,1-3H3,(H,20,21);1H. The first-order chi connectivity index (χ1) is 12.8. The van der Waals surface area contributed by atoms with E-state index in [4.69, 9.17) is 4.52 Å². The van der Waals surface area contributed by atoms with Gasteiger partial charge in [0.05, 0.1) is 5.69 Å². The Hall–Kier alpha value is -0.870. The Morgan fingerprint density at radius 2 is 1.89 bits per heavy atom. The Morgan fingerprint density at radius 3 is 2.44 bits per heavy atom. The van der Waals surface area contributed by atoms with E-state index in [2.05, 4.69) is 44.0 Å². The molecule has 2 rings (SSSR count). The van der Waals surface area contributed by atoms with Crippen LogP contribution in [0.2, 0.25) is 0 Å². The number of hydrogen-bond donors (Lipinski definition) is 1. The molecule has 27 heavy (non-hydrogen) atoms. The average molecular weight is 492 g/mol. The molecule has 1 aromatic heterocycles. The zero-order valence-electron chi connectivity index (χ0n) is 17.2. The topological polar surface area (TPSA) is 60.1 Å². The van der Waals surface area contributed by atoms with E-state index in [1.165, 1.54) is 25.9 Å². The smallest absolute Gasteiger partial charge is 0.193 e. The van der Waals surface area contributed by atoms with Gasteiger partial charge in [-0.15, -0.1) is 24.0 Å². The molecule has 0 unspecified atom stereocenters. The summed E-state index contributed by atoms with van der Waals surface area (Å²) < 4.78 is 4.92. The molecule has 0 radical (unpaired) electrons. The highest BCUT2D eigenvalue weighted by Crippen LogP contribution is 2.07. The van der Waals surface area contributed by atoms with Crippen molar-refractivity contribution in [1.82, 2.24) is 25.2 Å². The van der Waals surface area contributed by atoms with Gasteiger partial charge in [-0.25, -0.2) is 0 Å². The van der Waals surface area contributed by atoms with Gasteiger partial charge in [0.25, 0.3) is 0 Å². The molecule has 1 aliphatic rings. The predicted molar refractivity (Wildman–Crippen MR) is 122 cm³/mol. The molecule has 0 atom stereocenters. The van der Waals surface area contributed by atoms with Crippen LogP contribution in [0.4, 0.5) is 0 Å². The van der Waals surface area contributed by atoms with Crippen molar-refractivity contribution in [2.75, 3.05) is 59.4 Å². The molecule has 1 N–H and O–H groups in total. The van der Waals surface area contributed by atoms with Crippen LogP contribution in [0, 0.1) is 0 Å². The van der Waals surface area contributed by atoms with Crippen LogP contribution in [-0.4, -0.2) is 85.2 Å². The van der Waals surface area contributed by atoms with E-state index in [0.29, 0.717) is 0 Å². The largest absolute Gasteiger partial charge is 0.364 e. The Bertz CT molecular complexity index is 496. The summed E-state index contributed by atoms with van der Waals surface area (Å²) in [5.74, 6) is 1.03. The van der Waals surface area contributed by atoms with E-state index < -0.39 is 0 Å². The van der Waals surface area contributed by atoms with Crippen molar-refractivity contribution in [2.45, 2.75) is 39.7 Å². The maximum Gasteiger partial charge on any atom is 0.193 e. The van der Waals surface area contributed by atoms with Gasteiger partial charge in [0.1, 0.15) is 6.26 Å². The number of halogens is 1. The average Bonchev–Trinajstić information content (AvgIpc) is 3.16. The summed E-state index contributed by atoms with van der Waals surface area (Å²) in [5.41, 5.74) is 1.00. The minimum Gasteiger partial charge on any atom is -0.364 e. The lowest BCUT2D eigenvalue weighted by molar-refractivity contribution is 0.169. The lowest BCUT2D eigenvalue weighted by Crippen LogP contribution is -2.52. The number of piperazine rings is 1. The summed E-state index contributed by atoms with van der Waals surface area (Å²) in [7, 11) is 1.88. The first-order valence-corrected chi connectivity index (χ1v) is 10.1. The zero-order valence-corrected chi connectivity index (χ0v) is 19.5. The van der Waals surface area contributed by atoms with Gasteiger partial charge in [0.15, 0.2) is 5.96 Å². The van der Waals surface area contributed by atoms with Crippen LogP contribution in [0.3, 0.4) is 0 Å². The van der Waals surface area contributed by atoms with Crippen molar-refractivity contribution < 1.29 is 4.52 Å². The number of hydrogen-bond acceptors (Lipinski definition) is 5. The minimum atomic E-state index is 0. The molecule has 2 heterocycles. The third-order valence-corrected chi connectivity index (χ3v) is 4.77. The molecule has 1 aliphatic heterocycles. The number of rotatable bonds is 10. The van der Waals surface area contributed by atoms with E-state index in [9.17, 15) is 0 Å². The van der Waals surface area contributed by atoms with E-state index in [1.54, 1.807) is 6.26 Å². The van der Waals surface area contributed by atoms with Crippen molar-refractivity contribution in [1.29, 1.82) is 0 Å². The van der Waals surface area contributed by atoms with Gasteiger partial charge >= 0.3 is 0 Å². The molecule has 1 saturated heterocycles. The molecule has 8 heteroatoms. The Kier molecular flexibility index (Phi) is 12.7. The number of nitrogens with one attached hydrogen (secondary N) is 1. The lowest BCUT2D eigenvalue weighted by atomic mass is 10.3. The molecule has 0 amide bonds. The van der Waals surface area contributed by atoms with Gasteiger partial charge in [-0.2, -0.15) is 0 Å². The summed E-state index contributed by atoms with van der Waals surface area (Å²) in [6.45, 7) is 14.0. The fourth-order valence-corrected chi connectivity index (χ4v) is 3.47. The lowest BCUT2D eigenvalue weighted by Gasteiger charge is -2.36. The van der Waals surface area contributed by atoms with Crippen molar-refractivity contribution in [3.8, 4) is 0 Å². The number of aliphatic imine (C=N–C) groups is 1.